The van der Waals surface area contributed by atoms with Gasteiger partial charge in [0, 0.05) is 29.4 Å². The minimum atomic E-state index is 0.225. The smallest absolute Gasteiger partial charge is 0.134 e. The molecule has 0 aliphatic carbocycles. The molecule has 0 radical (unpaired) electrons. The van der Waals surface area contributed by atoms with E-state index in [1.54, 1.807) is 0 Å². The summed E-state index contributed by atoms with van der Waals surface area (Å²) in [4.78, 5) is 2.36. The average molecular weight is 391 g/mol. The summed E-state index contributed by atoms with van der Waals surface area (Å²) in [6.07, 6.45) is 0. The summed E-state index contributed by atoms with van der Waals surface area (Å²) in [6, 6.07) is 27.3. The summed E-state index contributed by atoms with van der Waals surface area (Å²) < 4.78 is 6.23. The fourth-order valence-electron chi connectivity index (χ4n) is 4.55. The predicted octanol–water partition coefficient (Wildman–Crippen LogP) is 5.62. The van der Waals surface area contributed by atoms with Gasteiger partial charge in [-0.3, -0.25) is 0 Å². The van der Waals surface area contributed by atoms with Crippen molar-refractivity contribution in [1.82, 2.24) is 15.1 Å². The van der Waals surface area contributed by atoms with E-state index in [9.17, 15) is 0 Å². The van der Waals surface area contributed by atoms with Crippen molar-refractivity contribution in [3.63, 3.8) is 0 Å². The normalized spacial score (nSPS) is 16.8. The first-order valence-corrected chi connectivity index (χ1v) is 10.3. The Morgan fingerprint density at radius 1 is 0.867 bits per heavy atom. The van der Waals surface area contributed by atoms with Crippen molar-refractivity contribution < 1.29 is 4.42 Å². The van der Waals surface area contributed by atoms with E-state index in [0.29, 0.717) is 0 Å². The molecule has 1 unspecified atom stereocenters. The first kappa shape index (κ1) is 17.4. The molecular weight excluding hydrogens is 370 g/mol. The number of likely N-dealkylation sites (N-methyl/N-ethyl adjacent to an activating group) is 1. The molecule has 0 saturated heterocycles. The second-order valence-corrected chi connectivity index (χ2v) is 8.14. The van der Waals surface area contributed by atoms with Gasteiger partial charge in [-0.25, -0.2) is 0 Å². The molecule has 1 atom stereocenters. The SMILES string of the molecule is CN1Cc2cc(-c3cc4ccccc4nn3)ccc2C(c2cc3ccccc3o2)C1. The van der Waals surface area contributed by atoms with E-state index in [4.69, 9.17) is 4.42 Å². The zero-order chi connectivity index (χ0) is 20.1. The van der Waals surface area contributed by atoms with Crippen molar-refractivity contribution in [2.45, 2.75) is 12.5 Å². The van der Waals surface area contributed by atoms with Gasteiger partial charge in [0.25, 0.3) is 0 Å². The monoisotopic (exact) mass is 391 g/mol. The molecule has 3 heterocycles. The zero-order valence-corrected chi connectivity index (χ0v) is 16.7. The molecule has 2 aromatic heterocycles. The van der Waals surface area contributed by atoms with Crippen molar-refractivity contribution in [1.29, 1.82) is 0 Å². The fraction of sp³-hybridized carbons (Fsp3) is 0.154. The van der Waals surface area contributed by atoms with Crippen molar-refractivity contribution in [3.8, 4) is 11.3 Å². The Hall–Kier alpha value is -3.50. The Balaban J connectivity index is 1.43. The number of aromatic nitrogens is 2. The van der Waals surface area contributed by atoms with Crippen molar-refractivity contribution in [3.05, 3.63) is 95.7 Å². The van der Waals surface area contributed by atoms with E-state index in [-0.39, 0.29) is 5.92 Å². The van der Waals surface area contributed by atoms with Crippen LogP contribution in [0.25, 0.3) is 33.1 Å². The van der Waals surface area contributed by atoms with Crippen molar-refractivity contribution in [2.24, 2.45) is 0 Å². The highest BCUT2D eigenvalue weighted by molar-refractivity contribution is 5.82. The predicted molar refractivity (Wildman–Crippen MR) is 119 cm³/mol. The van der Waals surface area contributed by atoms with Crippen LogP contribution in [0.3, 0.4) is 0 Å². The number of nitrogens with zero attached hydrogens (tertiary/aromatic N) is 3. The lowest BCUT2D eigenvalue weighted by atomic mass is 9.86. The van der Waals surface area contributed by atoms with Gasteiger partial charge in [-0.05, 0) is 48.5 Å². The lowest BCUT2D eigenvalue weighted by Gasteiger charge is -2.31. The van der Waals surface area contributed by atoms with Crippen LogP contribution in [-0.2, 0) is 6.54 Å². The number of hydrogen-bond donors (Lipinski definition) is 0. The van der Waals surface area contributed by atoms with Gasteiger partial charge in [0.2, 0.25) is 0 Å². The highest BCUT2D eigenvalue weighted by Crippen LogP contribution is 2.37. The topological polar surface area (TPSA) is 42.2 Å². The summed E-state index contributed by atoms with van der Waals surface area (Å²) in [5, 5.41) is 11.1. The number of para-hydroxylation sites is 1. The Morgan fingerprint density at radius 2 is 1.70 bits per heavy atom. The zero-order valence-electron chi connectivity index (χ0n) is 16.7. The standard InChI is InChI=1S/C26H21N3O/c1-29-15-20-12-18(24-13-17-6-2-4-8-23(17)27-28-24)10-11-21(20)22(16-29)26-14-19-7-3-5-9-25(19)30-26/h2-14,22H,15-16H2,1H3. The molecule has 4 heteroatoms. The van der Waals surface area contributed by atoms with Crippen molar-refractivity contribution >= 4 is 21.9 Å². The van der Waals surface area contributed by atoms with Crippen LogP contribution in [0.5, 0.6) is 0 Å². The third-order valence-electron chi connectivity index (χ3n) is 6.03. The molecule has 3 aromatic carbocycles. The van der Waals surface area contributed by atoms with Gasteiger partial charge in [-0.2, -0.15) is 0 Å². The van der Waals surface area contributed by atoms with Crippen LogP contribution in [0.1, 0.15) is 22.8 Å². The molecular formula is C26H21N3O. The third kappa shape index (κ3) is 2.88. The molecule has 1 aliphatic rings. The van der Waals surface area contributed by atoms with Gasteiger partial charge in [0.1, 0.15) is 11.3 Å². The maximum absolute atomic E-state index is 6.23. The van der Waals surface area contributed by atoms with E-state index >= 15 is 0 Å². The first-order chi connectivity index (χ1) is 14.7. The highest BCUT2D eigenvalue weighted by Gasteiger charge is 2.27. The van der Waals surface area contributed by atoms with Crippen LogP contribution >= 0.6 is 0 Å². The second-order valence-electron chi connectivity index (χ2n) is 8.14. The average Bonchev–Trinajstić information content (AvgIpc) is 3.22. The van der Waals surface area contributed by atoms with Crippen LogP contribution in [0.4, 0.5) is 0 Å². The molecule has 0 amide bonds. The lowest BCUT2D eigenvalue weighted by molar-refractivity contribution is 0.282. The lowest BCUT2D eigenvalue weighted by Crippen LogP contribution is -2.30. The number of hydrogen-bond acceptors (Lipinski definition) is 4. The molecule has 4 nitrogen and oxygen atoms in total. The molecule has 0 fully saturated rings. The van der Waals surface area contributed by atoms with E-state index in [1.165, 1.54) is 11.1 Å². The Kier molecular flexibility index (Phi) is 3.93. The summed E-state index contributed by atoms with van der Waals surface area (Å²) in [5.74, 6) is 1.25. The Labute approximate surface area is 174 Å². The second kappa shape index (κ2) is 6.78. The quantitative estimate of drug-likeness (QED) is 0.392. The van der Waals surface area contributed by atoms with Gasteiger partial charge < -0.3 is 9.32 Å². The number of fused-ring (bicyclic) bond motifs is 3. The molecule has 146 valence electrons. The molecule has 0 bridgehead atoms. The van der Waals surface area contributed by atoms with Gasteiger partial charge in [-0.1, -0.05) is 48.5 Å². The minimum absolute atomic E-state index is 0.225. The van der Waals surface area contributed by atoms with Crippen LogP contribution in [0, 0.1) is 0 Å². The molecule has 1 aliphatic heterocycles. The van der Waals surface area contributed by atoms with E-state index < -0.39 is 0 Å². The van der Waals surface area contributed by atoms with E-state index in [0.717, 1.165) is 52.0 Å². The molecule has 0 saturated carbocycles. The maximum atomic E-state index is 6.23. The molecule has 0 N–H and O–H groups in total. The fourth-order valence-corrected chi connectivity index (χ4v) is 4.55. The summed E-state index contributed by atoms with van der Waals surface area (Å²) in [7, 11) is 2.17. The highest BCUT2D eigenvalue weighted by atomic mass is 16.3. The largest absolute Gasteiger partial charge is 0.460 e. The summed E-state index contributed by atoms with van der Waals surface area (Å²) in [6.45, 7) is 1.86. The maximum Gasteiger partial charge on any atom is 0.134 e. The van der Waals surface area contributed by atoms with Gasteiger partial charge in [0.15, 0.2) is 0 Å². The van der Waals surface area contributed by atoms with Crippen LogP contribution in [0.15, 0.2) is 83.3 Å². The molecule has 5 aromatic rings. The summed E-state index contributed by atoms with van der Waals surface area (Å²) in [5.41, 5.74) is 6.54. The Bertz CT molecular complexity index is 1350. The first-order valence-electron chi connectivity index (χ1n) is 10.3. The van der Waals surface area contributed by atoms with Gasteiger partial charge >= 0.3 is 0 Å². The minimum Gasteiger partial charge on any atom is -0.460 e. The number of benzene rings is 3. The third-order valence-corrected chi connectivity index (χ3v) is 6.03. The molecule has 0 spiro atoms. The van der Waals surface area contributed by atoms with Gasteiger partial charge in [0.05, 0.1) is 17.1 Å². The number of furan rings is 1. The van der Waals surface area contributed by atoms with Crippen molar-refractivity contribution in [2.75, 3.05) is 13.6 Å². The van der Waals surface area contributed by atoms with E-state index in [2.05, 4.69) is 70.7 Å². The van der Waals surface area contributed by atoms with Crippen LogP contribution in [-0.4, -0.2) is 28.7 Å². The van der Waals surface area contributed by atoms with Crippen LogP contribution < -0.4 is 0 Å². The summed E-state index contributed by atoms with van der Waals surface area (Å²) >= 11 is 0. The molecule has 6 rings (SSSR count). The van der Waals surface area contributed by atoms with Crippen LogP contribution in [0.2, 0.25) is 0 Å². The number of rotatable bonds is 2. The van der Waals surface area contributed by atoms with Gasteiger partial charge in [-0.15, -0.1) is 10.2 Å². The van der Waals surface area contributed by atoms with E-state index in [1.807, 2.05) is 30.3 Å². The molecule has 30 heavy (non-hydrogen) atoms. The Morgan fingerprint density at radius 3 is 2.60 bits per heavy atom.